The van der Waals surface area contributed by atoms with Gasteiger partial charge in [-0.3, -0.25) is 20.2 Å². The fourth-order valence-corrected chi connectivity index (χ4v) is 3.89. The molecule has 2 aromatic heterocycles. The Morgan fingerprint density at radius 3 is 1.91 bits per heavy atom. The van der Waals surface area contributed by atoms with Crippen molar-refractivity contribution in [2.45, 2.75) is 0 Å². The van der Waals surface area contributed by atoms with E-state index < -0.39 is 9.85 Å². The number of rotatable bonds is 4. The first kappa shape index (κ1) is 20.3. The number of oxazole rings is 2. The molecule has 0 spiro atoms. The fourth-order valence-electron chi connectivity index (χ4n) is 3.89. The molecular weight excluding hydrogens is 456 g/mol. The minimum Gasteiger partial charge on any atom is -0.507 e. The molecule has 6 rings (SSSR count). The molecule has 170 valence electrons. The van der Waals surface area contributed by atoms with Crippen molar-refractivity contribution in [3.8, 4) is 28.7 Å². The van der Waals surface area contributed by atoms with E-state index in [1.165, 1.54) is 36.4 Å². The number of aromatic nitrogens is 2. The van der Waals surface area contributed by atoms with Crippen molar-refractivity contribution in [1.82, 2.24) is 9.97 Å². The van der Waals surface area contributed by atoms with E-state index in [4.69, 9.17) is 8.83 Å². The Kier molecular flexibility index (Phi) is 4.26. The molecular formula is C24H12N4O7. The number of aromatic hydroxyl groups is 1. The molecule has 0 amide bonds. The molecule has 0 aliphatic rings. The second-order valence-electron chi connectivity index (χ2n) is 7.79. The summed E-state index contributed by atoms with van der Waals surface area (Å²) in [7, 11) is 0. The summed E-state index contributed by atoms with van der Waals surface area (Å²) in [4.78, 5) is 29.7. The summed E-state index contributed by atoms with van der Waals surface area (Å²) in [5.74, 6) is 0.325. The van der Waals surface area contributed by atoms with E-state index in [9.17, 15) is 25.3 Å². The van der Waals surface area contributed by atoms with Crippen molar-refractivity contribution in [3.05, 3.63) is 87.0 Å². The van der Waals surface area contributed by atoms with Crippen LogP contribution in [0.2, 0.25) is 0 Å². The van der Waals surface area contributed by atoms with Crippen LogP contribution in [0.15, 0.2) is 75.6 Å². The third kappa shape index (κ3) is 3.38. The lowest BCUT2D eigenvalue weighted by Gasteiger charge is -2.05. The summed E-state index contributed by atoms with van der Waals surface area (Å²) >= 11 is 0. The Hall–Kier alpha value is -5.32. The molecule has 1 N–H and O–H groups in total. The molecule has 0 fully saturated rings. The third-order valence-corrected chi connectivity index (χ3v) is 5.60. The number of benzene rings is 4. The van der Waals surface area contributed by atoms with Crippen molar-refractivity contribution in [1.29, 1.82) is 0 Å². The van der Waals surface area contributed by atoms with E-state index in [1.807, 2.05) is 0 Å². The van der Waals surface area contributed by atoms with Gasteiger partial charge in [-0.15, -0.1) is 0 Å². The van der Waals surface area contributed by atoms with Crippen LogP contribution in [0.3, 0.4) is 0 Å². The van der Waals surface area contributed by atoms with Gasteiger partial charge in [0.15, 0.2) is 11.2 Å². The smallest absolute Gasteiger partial charge is 0.271 e. The zero-order valence-electron chi connectivity index (χ0n) is 17.5. The Labute approximate surface area is 194 Å². The standard InChI is InChI=1S/C24H12N4O7/c29-20-9-12-1-2-13(23-25-18-10-15(27(30)31)3-5-21(18)34-23)7-14(12)8-17(20)24-26-19-11-16(28(32)33)4-6-22(19)35-24/h1-11,29H. The van der Waals surface area contributed by atoms with E-state index in [0.29, 0.717) is 33.3 Å². The molecule has 0 bridgehead atoms. The Balaban J connectivity index is 1.44. The van der Waals surface area contributed by atoms with Crippen LogP contribution < -0.4 is 0 Å². The van der Waals surface area contributed by atoms with Crippen LogP contribution in [0.4, 0.5) is 11.4 Å². The Morgan fingerprint density at radius 1 is 0.686 bits per heavy atom. The van der Waals surface area contributed by atoms with Gasteiger partial charge in [0.2, 0.25) is 11.8 Å². The topological polar surface area (TPSA) is 159 Å². The Bertz CT molecular complexity index is 1840. The highest BCUT2D eigenvalue weighted by Crippen LogP contribution is 2.37. The van der Waals surface area contributed by atoms with Gasteiger partial charge in [-0.2, -0.15) is 0 Å². The number of phenolic OH excluding ortho intramolecular Hbond substituents is 1. The van der Waals surface area contributed by atoms with Crippen LogP contribution in [-0.2, 0) is 0 Å². The van der Waals surface area contributed by atoms with Gasteiger partial charge in [-0.05, 0) is 47.2 Å². The van der Waals surface area contributed by atoms with Crippen LogP contribution >= 0.6 is 0 Å². The normalized spacial score (nSPS) is 11.4. The summed E-state index contributed by atoms with van der Waals surface area (Å²) in [6.07, 6.45) is 0. The number of nitrogens with zero attached hydrogens (tertiary/aromatic N) is 4. The number of hydrogen-bond acceptors (Lipinski definition) is 9. The first-order valence-electron chi connectivity index (χ1n) is 10.2. The molecule has 0 unspecified atom stereocenters. The second kappa shape index (κ2) is 7.35. The molecule has 2 heterocycles. The predicted octanol–water partition coefficient (Wildman–Crippen LogP) is 5.98. The third-order valence-electron chi connectivity index (χ3n) is 5.60. The highest BCUT2D eigenvalue weighted by Gasteiger charge is 2.17. The first-order chi connectivity index (χ1) is 16.9. The minimum atomic E-state index is -0.521. The zero-order valence-corrected chi connectivity index (χ0v) is 17.5. The van der Waals surface area contributed by atoms with Gasteiger partial charge >= 0.3 is 0 Å². The molecule has 0 saturated carbocycles. The quantitative estimate of drug-likeness (QED) is 0.242. The number of hydrogen-bond donors (Lipinski definition) is 1. The van der Waals surface area contributed by atoms with Gasteiger partial charge in [0.1, 0.15) is 16.8 Å². The first-order valence-corrected chi connectivity index (χ1v) is 10.2. The molecule has 6 aromatic rings. The SMILES string of the molecule is O=[N+]([O-])c1ccc2oc(-c3ccc4cc(O)c(-c5nc6cc([N+](=O)[O-])ccc6o5)cc4c3)nc2c1. The van der Waals surface area contributed by atoms with Gasteiger partial charge < -0.3 is 13.9 Å². The maximum atomic E-state index is 11.0. The van der Waals surface area contributed by atoms with Crippen LogP contribution in [0.5, 0.6) is 5.75 Å². The van der Waals surface area contributed by atoms with Gasteiger partial charge in [-0.25, -0.2) is 9.97 Å². The average Bonchev–Trinajstić information content (AvgIpc) is 3.46. The van der Waals surface area contributed by atoms with Crippen LogP contribution in [-0.4, -0.2) is 24.9 Å². The minimum absolute atomic E-state index is 0.0690. The molecule has 4 aromatic carbocycles. The summed E-state index contributed by atoms with van der Waals surface area (Å²) in [6.45, 7) is 0. The van der Waals surface area contributed by atoms with E-state index in [0.717, 1.165) is 10.8 Å². The maximum Gasteiger partial charge on any atom is 0.271 e. The van der Waals surface area contributed by atoms with E-state index >= 15 is 0 Å². The maximum absolute atomic E-state index is 11.0. The van der Waals surface area contributed by atoms with Crippen molar-refractivity contribution in [2.75, 3.05) is 0 Å². The van der Waals surface area contributed by atoms with Crippen molar-refractivity contribution in [2.24, 2.45) is 0 Å². The summed E-state index contributed by atoms with van der Waals surface area (Å²) in [6, 6.07) is 16.8. The lowest BCUT2D eigenvalue weighted by molar-refractivity contribution is -0.384. The molecule has 0 atom stereocenters. The van der Waals surface area contributed by atoms with Crippen molar-refractivity contribution >= 4 is 44.3 Å². The molecule has 0 radical (unpaired) electrons. The van der Waals surface area contributed by atoms with Crippen molar-refractivity contribution < 1.29 is 23.8 Å². The highest BCUT2D eigenvalue weighted by atomic mass is 16.6. The summed E-state index contributed by atoms with van der Waals surface area (Å²) < 4.78 is 11.5. The average molecular weight is 468 g/mol. The molecule has 0 aliphatic carbocycles. The van der Waals surface area contributed by atoms with E-state index in [2.05, 4.69) is 9.97 Å². The number of phenols is 1. The number of fused-ring (bicyclic) bond motifs is 3. The van der Waals surface area contributed by atoms with Crippen LogP contribution in [0.25, 0.3) is 55.9 Å². The van der Waals surface area contributed by atoms with Gasteiger partial charge in [0.05, 0.1) is 15.4 Å². The summed E-state index contributed by atoms with van der Waals surface area (Å²) in [5, 5.41) is 34.1. The molecule has 35 heavy (non-hydrogen) atoms. The Morgan fingerprint density at radius 2 is 1.29 bits per heavy atom. The fraction of sp³-hybridized carbons (Fsp3) is 0. The number of non-ortho nitro benzene ring substituents is 2. The van der Waals surface area contributed by atoms with Gasteiger partial charge in [0.25, 0.3) is 11.4 Å². The predicted molar refractivity (Wildman–Crippen MR) is 125 cm³/mol. The molecule has 0 saturated heterocycles. The molecule has 11 heteroatoms. The monoisotopic (exact) mass is 468 g/mol. The summed E-state index contributed by atoms with van der Waals surface area (Å²) in [5.41, 5.74) is 2.15. The lowest BCUT2D eigenvalue weighted by atomic mass is 10.0. The van der Waals surface area contributed by atoms with Gasteiger partial charge in [-0.1, -0.05) is 6.07 Å². The number of nitro benzene ring substituents is 2. The van der Waals surface area contributed by atoms with Crippen LogP contribution in [0.1, 0.15) is 0 Å². The largest absolute Gasteiger partial charge is 0.507 e. The second-order valence-corrected chi connectivity index (χ2v) is 7.79. The van der Waals surface area contributed by atoms with Gasteiger partial charge in [0, 0.05) is 29.8 Å². The highest BCUT2D eigenvalue weighted by molar-refractivity contribution is 5.93. The zero-order chi connectivity index (χ0) is 24.3. The molecule has 11 nitrogen and oxygen atoms in total. The molecule has 0 aliphatic heterocycles. The lowest BCUT2D eigenvalue weighted by Crippen LogP contribution is -1.86. The number of nitro groups is 2. The van der Waals surface area contributed by atoms with E-state index in [-0.39, 0.29) is 28.9 Å². The van der Waals surface area contributed by atoms with Crippen molar-refractivity contribution in [3.63, 3.8) is 0 Å². The van der Waals surface area contributed by atoms with Crippen LogP contribution in [0, 0.1) is 20.2 Å². The van der Waals surface area contributed by atoms with E-state index in [1.54, 1.807) is 30.3 Å².